The fourth-order valence-electron chi connectivity index (χ4n) is 3.21. The molecule has 2 rings (SSSR count). The molecule has 2 aliphatic rings. The van der Waals surface area contributed by atoms with Crippen LogP contribution in [0.25, 0.3) is 0 Å². The van der Waals surface area contributed by atoms with Crippen molar-refractivity contribution in [1.82, 2.24) is 4.90 Å². The Bertz CT molecular complexity index is 252. The Balaban J connectivity index is 1.87. The summed E-state index contributed by atoms with van der Waals surface area (Å²) in [7, 11) is 0. The van der Waals surface area contributed by atoms with E-state index in [0.717, 1.165) is 18.9 Å². The normalized spacial score (nSPS) is 31.2. The van der Waals surface area contributed by atoms with Crippen LogP contribution in [0, 0.1) is 5.92 Å². The van der Waals surface area contributed by atoms with E-state index in [1.807, 2.05) is 6.92 Å². The third-order valence-electron chi connectivity index (χ3n) is 4.14. The highest BCUT2D eigenvalue weighted by Gasteiger charge is 2.37. The smallest absolute Gasteiger partial charge is 0.222 e. The molecule has 2 N–H and O–H groups in total. The molecule has 0 aromatic carbocycles. The van der Waals surface area contributed by atoms with Crippen molar-refractivity contribution < 1.29 is 4.79 Å². The Morgan fingerprint density at radius 2 is 2.12 bits per heavy atom. The van der Waals surface area contributed by atoms with Crippen molar-refractivity contribution >= 4 is 5.91 Å². The molecule has 92 valence electrons. The van der Waals surface area contributed by atoms with Gasteiger partial charge in [-0.3, -0.25) is 4.79 Å². The number of hydrogen-bond donors (Lipinski definition) is 1. The predicted molar refractivity (Wildman–Crippen MR) is 65.0 cm³/mol. The molecule has 1 saturated heterocycles. The number of rotatable bonds is 3. The minimum atomic E-state index is 0.147. The van der Waals surface area contributed by atoms with Crippen molar-refractivity contribution in [3.63, 3.8) is 0 Å². The van der Waals surface area contributed by atoms with Crippen LogP contribution in [-0.4, -0.2) is 29.4 Å². The molecule has 1 amide bonds. The molecule has 0 bridgehead atoms. The number of nitrogens with zero attached hydrogens (tertiary/aromatic N) is 1. The van der Waals surface area contributed by atoms with Crippen LogP contribution in [-0.2, 0) is 4.79 Å². The van der Waals surface area contributed by atoms with Gasteiger partial charge in [0.1, 0.15) is 0 Å². The van der Waals surface area contributed by atoms with Crippen LogP contribution in [0.1, 0.15) is 51.9 Å². The molecule has 1 heterocycles. The fraction of sp³-hybridized carbons (Fsp3) is 0.923. The molecule has 2 fully saturated rings. The summed E-state index contributed by atoms with van der Waals surface area (Å²) in [6.07, 6.45) is 7.93. The van der Waals surface area contributed by atoms with E-state index < -0.39 is 0 Å². The molecule has 0 aromatic rings. The van der Waals surface area contributed by atoms with Gasteiger partial charge in [-0.05, 0) is 38.5 Å². The van der Waals surface area contributed by atoms with Crippen LogP contribution in [0.5, 0.6) is 0 Å². The predicted octanol–water partition coefficient (Wildman–Crippen LogP) is 1.90. The first-order valence-electron chi connectivity index (χ1n) is 6.73. The highest BCUT2D eigenvalue weighted by molar-refractivity contribution is 5.77. The minimum Gasteiger partial charge on any atom is -0.339 e. The van der Waals surface area contributed by atoms with Crippen molar-refractivity contribution in [1.29, 1.82) is 0 Å². The number of fused-ring (bicyclic) bond motifs is 1. The molecule has 3 unspecified atom stereocenters. The fourth-order valence-corrected chi connectivity index (χ4v) is 3.21. The average Bonchev–Trinajstić information content (AvgIpc) is 2.69. The molecule has 0 radical (unpaired) electrons. The van der Waals surface area contributed by atoms with E-state index in [1.165, 1.54) is 32.1 Å². The summed E-state index contributed by atoms with van der Waals surface area (Å²) in [6, 6.07) is 0.711. The molecular weight excluding hydrogens is 200 g/mol. The van der Waals surface area contributed by atoms with Gasteiger partial charge in [0, 0.05) is 25.0 Å². The van der Waals surface area contributed by atoms with Crippen LogP contribution in [0.3, 0.4) is 0 Å². The van der Waals surface area contributed by atoms with Crippen molar-refractivity contribution in [2.24, 2.45) is 11.7 Å². The number of hydrogen-bond acceptors (Lipinski definition) is 2. The standard InChI is InChI=1S/C13H24N2O/c1-10(14)6-7-13(16)15-9-8-11-4-2-3-5-12(11)15/h10-12H,2-9,14H2,1H3. The summed E-state index contributed by atoms with van der Waals surface area (Å²) >= 11 is 0. The summed E-state index contributed by atoms with van der Waals surface area (Å²) < 4.78 is 0. The van der Waals surface area contributed by atoms with Gasteiger partial charge < -0.3 is 10.6 Å². The summed E-state index contributed by atoms with van der Waals surface area (Å²) in [4.78, 5) is 14.2. The third kappa shape index (κ3) is 2.57. The lowest BCUT2D eigenvalue weighted by Gasteiger charge is -2.31. The molecule has 0 spiro atoms. The van der Waals surface area contributed by atoms with Gasteiger partial charge in [-0.25, -0.2) is 0 Å². The molecule has 1 aliphatic carbocycles. The van der Waals surface area contributed by atoms with Gasteiger partial charge in [0.15, 0.2) is 0 Å². The molecule has 0 aromatic heterocycles. The molecule has 1 saturated carbocycles. The summed E-state index contributed by atoms with van der Waals surface area (Å²) in [5.74, 6) is 1.14. The zero-order chi connectivity index (χ0) is 11.5. The van der Waals surface area contributed by atoms with Gasteiger partial charge >= 0.3 is 0 Å². The monoisotopic (exact) mass is 224 g/mol. The second-order valence-corrected chi connectivity index (χ2v) is 5.50. The Morgan fingerprint density at radius 1 is 1.38 bits per heavy atom. The van der Waals surface area contributed by atoms with Crippen LogP contribution in [0.4, 0.5) is 0 Å². The molecule has 3 atom stereocenters. The molecule has 3 heteroatoms. The van der Waals surface area contributed by atoms with E-state index in [0.29, 0.717) is 18.4 Å². The SMILES string of the molecule is CC(N)CCC(=O)N1CCC2CCCCC21. The molecule has 16 heavy (non-hydrogen) atoms. The van der Waals surface area contributed by atoms with Crippen LogP contribution in [0.2, 0.25) is 0 Å². The average molecular weight is 224 g/mol. The first-order valence-corrected chi connectivity index (χ1v) is 6.73. The second kappa shape index (κ2) is 5.17. The van der Waals surface area contributed by atoms with E-state index in [-0.39, 0.29) is 6.04 Å². The lowest BCUT2D eigenvalue weighted by Crippen LogP contribution is -2.39. The minimum absolute atomic E-state index is 0.147. The first-order chi connectivity index (χ1) is 7.68. The Morgan fingerprint density at radius 3 is 2.88 bits per heavy atom. The number of nitrogens with two attached hydrogens (primary N) is 1. The van der Waals surface area contributed by atoms with Gasteiger partial charge in [-0.2, -0.15) is 0 Å². The second-order valence-electron chi connectivity index (χ2n) is 5.50. The van der Waals surface area contributed by atoms with E-state index in [2.05, 4.69) is 4.90 Å². The first kappa shape index (κ1) is 11.9. The molecule has 1 aliphatic heterocycles. The summed E-state index contributed by atoms with van der Waals surface area (Å²) in [5, 5.41) is 0. The lowest BCUT2D eigenvalue weighted by atomic mass is 9.85. The van der Waals surface area contributed by atoms with Crippen molar-refractivity contribution in [3.05, 3.63) is 0 Å². The molecular formula is C13H24N2O. The van der Waals surface area contributed by atoms with Crippen LogP contribution < -0.4 is 5.73 Å². The van der Waals surface area contributed by atoms with Crippen molar-refractivity contribution in [2.75, 3.05) is 6.54 Å². The zero-order valence-corrected chi connectivity index (χ0v) is 10.3. The maximum Gasteiger partial charge on any atom is 0.222 e. The van der Waals surface area contributed by atoms with E-state index in [1.54, 1.807) is 0 Å². The number of carbonyl (C=O) groups excluding carboxylic acids is 1. The Hall–Kier alpha value is -0.570. The van der Waals surface area contributed by atoms with E-state index in [9.17, 15) is 4.79 Å². The quantitative estimate of drug-likeness (QED) is 0.796. The lowest BCUT2D eigenvalue weighted by molar-refractivity contribution is -0.132. The largest absolute Gasteiger partial charge is 0.339 e. The number of likely N-dealkylation sites (tertiary alicyclic amines) is 1. The maximum atomic E-state index is 12.1. The maximum absolute atomic E-state index is 12.1. The highest BCUT2D eigenvalue weighted by atomic mass is 16.2. The van der Waals surface area contributed by atoms with Crippen LogP contribution in [0.15, 0.2) is 0 Å². The van der Waals surface area contributed by atoms with E-state index >= 15 is 0 Å². The topological polar surface area (TPSA) is 46.3 Å². The van der Waals surface area contributed by atoms with Crippen molar-refractivity contribution in [2.45, 2.75) is 64.0 Å². The zero-order valence-electron chi connectivity index (χ0n) is 10.3. The number of amides is 1. The highest BCUT2D eigenvalue weighted by Crippen LogP contribution is 2.36. The third-order valence-corrected chi connectivity index (χ3v) is 4.14. The summed E-state index contributed by atoms with van der Waals surface area (Å²) in [6.45, 7) is 2.97. The van der Waals surface area contributed by atoms with Gasteiger partial charge in [0.2, 0.25) is 5.91 Å². The Labute approximate surface area is 98.4 Å². The Kier molecular flexibility index (Phi) is 3.85. The van der Waals surface area contributed by atoms with Gasteiger partial charge in [0.25, 0.3) is 0 Å². The van der Waals surface area contributed by atoms with Gasteiger partial charge in [-0.1, -0.05) is 12.8 Å². The summed E-state index contributed by atoms with van der Waals surface area (Å²) in [5.41, 5.74) is 5.70. The molecule has 3 nitrogen and oxygen atoms in total. The van der Waals surface area contributed by atoms with Crippen LogP contribution >= 0.6 is 0 Å². The van der Waals surface area contributed by atoms with Gasteiger partial charge in [-0.15, -0.1) is 0 Å². The van der Waals surface area contributed by atoms with Crippen molar-refractivity contribution in [3.8, 4) is 0 Å². The number of carbonyl (C=O) groups is 1. The van der Waals surface area contributed by atoms with Gasteiger partial charge in [0.05, 0.1) is 0 Å². The van der Waals surface area contributed by atoms with E-state index in [4.69, 9.17) is 5.73 Å².